The van der Waals surface area contributed by atoms with Crippen molar-refractivity contribution in [3.05, 3.63) is 122 Å². The van der Waals surface area contributed by atoms with Crippen molar-refractivity contribution in [2.24, 2.45) is 5.92 Å². The molecular weight excluding hydrogens is 634 g/mol. The Kier molecular flexibility index (Phi) is 6.84. The van der Waals surface area contributed by atoms with Crippen LogP contribution in [0.1, 0.15) is 16.4 Å². The molecule has 1 aromatic heterocycles. The smallest absolute Gasteiger partial charge is 0.308 e. The Morgan fingerprint density at radius 2 is 1.60 bits per heavy atom. The van der Waals surface area contributed by atoms with E-state index in [1.165, 1.54) is 21.2 Å². The number of halogens is 1. The number of fused-ring (bicyclic) bond motifs is 3. The zero-order chi connectivity index (χ0) is 29.0. The van der Waals surface area contributed by atoms with Crippen LogP contribution in [0.4, 0.5) is 11.4 Å². The summed E-state index contributed by atoms with van der Waals surface area (Å²) in [6.45, 7) is -0.214. The summed E-state index contributed by atoms with van der Waals surface area (Å²) in [6, 6.07) is 29.9. The average Bonchev–Trinajstić information content (AvgIpc) is 3.43. The van der Waals surface area contributed by atoms with Gasteiger partial charge in [-0.1, -0.05) is 106 Å². The lowest BCUT2D eigenvalue weighted by Gasteiger charge is -2.30. The van der Waals surface area contributed by atoms with Gasteiger partial charge >= 0.3 is 4.87 Å². The molecule has 2 aliphatic rings. The molecule has 208 valence electrons. The molecule has 7 rings (SSSR count). The van der Waals surface area contributed by atoms with Gasteiger partial charge in [0.05, 0.1) is 16.6 Å². The van der Waals surface area contributed by atoms with Gasteiger partial charge in [0, 0.05) is 26.3 Å². The minimum Gasteiger partial charge on any atom is -0.324 e. The molecule has 1 N–H and O–H groups in total. The number of thioether (sulfide) groups is 1. The van der Waals surface area contributed by atoms with Crippen molar-refractivity contribution in [3.63, 3.8) is 0 Å². The molecule has 1 saturated heterocycles. The van der Waals surface area contributed by atoms with Crippen LogP contribution in [0.25, 0.3) is 10.8 Å². The van der Waals surface area contributed by atoms with Gasteiger partial charge in [0.1, 0.15) is 11.8 Å². The van der Waals surface area contributed by atoms with E-state index in [0.717, 1.165) is 32.1 Å². The van der Waals surface area contributed by atoms with Gasteiger partial charge in [-0.2, -0.15) is 0 Å². The van der Waals surface area contributed by atoms with E-state index >= 15 is 0 Å². The molecule has 7 nitrogen and oxygen atoms in total. The molecule has 0 aliphatic carbocycles. The Labute approximate surface area is 257 Å². The number of carbonyl (C=O) groups excluding carboxylic acids is 3. The molecule has 3 amide bonds. The molecule has 0 bridgehead atoms. The predicted molar refractivity (Wildman–Crippen MR) is 169 cm³/mol. The predicted octanol–water partition coefficient (Wildman–Crippen LogP) is 6.26. The summed E-state index contributed by atoms with van der Waals surface area (Å²) in [6.07, 6.45) is 0. The maximum Gasteiger partial charge on any atom is 0.308 e. The van der Waals surface area contributed by atoms with Gasteiger partial charge in [0.2, 0.25) is 17.7 Å². The number of benzene rings is 4. The van der Waals surface area contributed by atoms with Gasteiger partial charge in [0.15, 0.2) is 0 Å². The quantitative estimate of drug-likeness (QED) is 0.226. The van der Waals surface area contributed by atoms with Crippen LogP contribution in [0.3, 0.4) is 0 Å². The van der Waals surface area contributed by atoms with E-state index < -0.39 is 17.1 Å². The van der Waals surface area contributed by atoms with Gasteiger partial charge in [-0.25, -0.2) is 4.90 Å². The van der Waals surface area contributed by atoms with Crippen LogP contribution in [-0.2, 0) is 20.9 Å². The largest absolute Gasteiger partial charge is 0.324 e. The first kappa shape index (κ1) is 26.9. The second-order valence-electron chi connectivity index (χ2n) is 10.1. The van der Waals surface area contributed by atoms with E-state index in [4.69, 9.17) is 0 Å². The molecule has 0 radical (unpaired) electrons. The third-order valence-corrected chi connectivity index (χ3v) is 10.7. The second kappa shape index (κ2) is 10.7. The van der Waals surface area contributed by atoms with Crippen LogP contribution in [0.15, 0.2) is 111 Å². The fraction of sp³-hybridized carbons (Fsp3) is 0.125. The highest BCUT2D eigenvalue weighted by molar-refractivity contribution is 9.10. The lowest BCUT2D eigenvalue weighted by molar-refractivity contribution is -0.122. The Balaban J connectivity index is 1.28. The number of amides is 3. The van der Waals surface area contributed by atoms with Gasteiger partial charge < -0.3 is 5.32 Å². The number of nitrogens with one attached hydrogen (secondary N) is 1. The normalized spacial score (nSPS) is 19.5. The van der Waals surface area contributed by atoms with Crippen molar-refractivity contribution in [2.45, 2.75) is 22.7 Å². The number of anilines is 2. The molecular formula is C32H22BrN3O4S2. The first-order valence-electron chi connectivity index (χ1n) is 13.3. The minimum absolute atomic E-state index is 0.214. The lowest BCUT2D eigenvalue weighted by atomic mass is 9.83. The fourth-order valence-electron chi connectivity index (χ4n) is 5.81. The van der Waals surface area contributed by atoms with Crippen molar-refractivity contribution < 1.29 is 14.4 Å². The molecule has 0 spiro atoms. The summed E-state index contributed by atoms with van der Waals surface area (Å²) in [7, 11) is 0. The standard InChI is InChI=1S/C32H22BrN3O4S2/c33-20-11-6-10-19(16-20)25-26-27(30(39)36(29(26)38)21-12-2-1-3-13-21)41-31-28(25)42-32(40)35(31)17-24(37)34-23-15-7-9-18-8-4-5-14-22(18)23/h1-16,25-27H,17H2,(H,34,37)/t25-,26?,27?/m1/s1. The van der Waals surface area contributed by atoms with Crippen molar-refractivity contribution in [2.75, 3.05) is 10.2 Å². The number of hydrogen-bond acceptors (Lipinski definition) is 6. The molecule has 10 heteroatoms. The van der Waals surface area contributed by atoms with Gasteiger partial charge in [0.25, 0.3) is 0 Å². The monoisotopic (exact) mass is 655 g/mol. The van der Waals surface area contributed by atoms with Gasteiger partial charge in [-0.05, 0) is 41.3 Å². The number of thiazole rings is 1. The molecule has 3 atom stereocenters. The van der Waals surface area contributed by atoms with Crippen LogP contribution in [0.5, 0.6) is 0 Å². The average molecular weight is 657 g/mol. The zero-order valence-electron chi connectivity index (χ0n) is 21.9. The highest BCUT2D eigenvalue weighted by Crippen LogP contribution is 2.54. The summed E-state index contributed by atoms with van der Waals surface area (Å²) >= 11 is 5.78. The van der Waals surface area contributed by atoms with E-state index in [-0.39, 0.29) is 29.1 Å². The molecule has 1 fully saturated rings. The summed E-state index contributed by atoms with van der Waals surface area (Å²) in [5.41, 5.74) is 2.00. The van der Waals surface area contributed by atoms with Crippen molar-refractivity contribution in [1.29, 1.82) is 0 Å². The topological polar surface area (TPSA) is 88.5 Å². The Bertz CT molecular complexity index is 1950. The Morgan fingerprint density at radius 1 is 0.857 bits per heavy atom. The number of para-hydroxylation sites is 1. The SMILES string of the molecule is O=C(Cn1c2c(sc1=O)[C@H](c1cccc(Br)c1)C1C(=O)N(c3ccccc3)C(=O)C1S2)Nc1cccc2ccccc12. The molecule has 5 aromatic rings. The number of aromatic nitrogens is 1. The molecule has 42 heavy (non-hydrogen) atoms. The molecule has 4 aromatic carbocycles. The number of hydrogen-bond donors (Lipinski definition) is 1. The van der Waals surface area contributed by atoms with Crippen LogP contribution >= 0.6 is 39.0 Å². The number of nitrogens with zero attached hydrogens (tertiary/aromatic N) is 2. The first-order chi connectivity index (χ1) is 20.4. The molecule has 3 heterocycles. The number of imide groups is 1. The van der Waals surface area contributed by atoms with E-state index in [0.29, 0.717) is 21.3 Å². The van der Waals surface area contributed by atoms with Crippen LogP contribution < -0.4 is 15.1 Å². The Hall–Kier alpha value is -3.99. The number of rotatable bonds is 5. The lowest BCUT2D eigenvalue weighted by Crippen LogP contribution is -2.33. The van der Waals surface area contributed by atoms with Crippen LogP contribution in [0.2, 0.25) is 0 Å². The third kappa shape index (κ3) is 4.50. The van der Waals surface area contributed by atoms with E-state index in [9.17, 15) is 19.2 Å². The van der Waals surface area contributed by atoms with Gasteiger partial charge in [-0.3, -0.25) is 23.7 Å². The van der Waals surface area contributed by atoms with Crippen LogP contribution in [0, 0.1) is 5.92 Å². The number of carbonyl (C=O) groups is 3. The van der Waals surface area contributed by atoms with Crippen molar-refractivity contribution in [1.82, 2.24) is 4.57 Å². The summed E-state index contributed by atoms with van der Waals surface area (Å²) in [5, 5.41) is 4.67. The second-order valence-corrected chi connectivity index (χ2v) is 13.2. The third-order valence-electron chi connectivity index (χ3n) is 7.64. The summed E-state index contributed by atoms with van der Waals surface area (Å²) < 4.78 is 2.27. The van der Waals surface area contributed by atoms with E-state index in [1.54, 1.807) is 24.3 Å². The van der Waals surface area contributed by atoms with E-state index in [1.807, 2.05) is 72.8 Å². The zero-order valence-corrected chi connectivity index (χ0v) is 25.1. The maximum absolute atomic E-state index is 13.9. The maximum atomic E-state index is 13.9. The van der Waals surface area contributed by atoms with Crippen molar-refractivity contribution in [3.8, 4) is 0 Å². The first-order valence-corrected chi connectivity index (χ1v) is 15.8. The molecule has 2 aliphatic heterocycles. The Morgan fingerprint density at radius 3 is 2.40 bits per heavy atom. The highest BCUT2D eigenvalue weighted by Gasteiger charge is 2.56. The fourth-order valence-corrected chi connectivity index (χ4v) is 9.00. The van der Waals surface area contributed by atoms with Crippen molar-refractivity contribution >= 4 is 78.9 Å². The van der Waals surface area contributed by atoms with Gasteiger partial charge in [-0.15, -0.1) is 0 Å². The molecule has 2 unspecified atom stereocenters. The summed E-state index contributed by atoms with van der Waals surface area (Å²) in [5.74, 6) is -2.18. The van der Waals surface area contributed by atoms with E-state index in [2.05, 4.69) is 21.2 Å². The molecule has 0 saturated carbocycles. The summed E-state index contributed by atoms with van der Waals surface area (Å²) in [4.78, 5) is 56.2. The van der Waals surface area contributed by atoms with Crippen LogP contribution in [-0.4, -0.2) is 27.5 Å². The minimum atomic E-state index is -0.740. The highest BCUT2D eigenvalue weighted by atomic mass is 79.9.